The average molecular weight is 481 g/mol. The second-order valence-corrected chi connectivity index (χ2v) is 7.61. The summed E-state index contributed by atoms with van der Waals surface area (Å²) in [7, 11) is 0. The summed E-state index contributed by atoms with van der Waals surface area (Å²) in [5.41, 5.74) is 16.4. The van der Waals surface area contributed by atoms with Gasteiger partial charge in [0.15, 0.2) is 0 Å². The quantitative estimate of drug-likeness (QED) is 0.123. The molecule has 13 nitrogen and oxygen atoms in total. The molecule has 188 valence electrons. The molecule has 0 bridgehead atoms. The van der Waals surface area contributed by atoms with Gasteiger partial charge in [-0.05, 0) is 43.5 Å². The lowest BCUT2D eigenvalue weighted by molar-refractivity contribution is -0.142. The number of aromatic hydroxyl groups is 1. The molecule has 0 aliphatic rings. The Morgan fingerprint density at radius 2 is 1.44 bits per heavy atom. The van der Waals surface area contributed by atoms with Crippen LogP contribution in [0.5, 0.6) is 5.75 Å². The Bertz CT molecular complexity index is 862. The van der Waals surface area contributed by atoms with Gasteiger partial charge in [-0.3, -0.25) is 19.2 Å². The maximum Gasteiger partial charge on any atom is 0.326 e. The summed E-state index contributed by atoms with van der Waals surface area (Å²) in [5.74, 6) is -4.51. The molecule has 0 spiro atoms. The molecule has 1 aromatic carbocycles. The highest BCUT2D eigenvalue weighted by Gasteiger charge is 2.30. The molecule has 3 atom stereocenters. The van der Waals surface area contributed by atoms with Crippen molar-refractivity contribution in [2.24, 2.45) is 17.2 Å². The van der Waals surface area contributed by atoms with Crippen molar-refractivity contribution in [1.82, 2.24) is 16.0 Å². The third kappa shape index (κ3) is 10.3. The van der Waals surface area contributed by atoms with Crippen LogP contribution in [0.15, 0.2) is 24.3 Å². The second kappa shape index (κ2) is 14.4. The van der Waals surface area contributed by atoms with E-state index in [1.54, 1.807) is 0 Å². The Balaban J connectivity index is 3.09. The zero-order valence-corrected chi connectivity index (χ0v) is 18.7. The van der Waals surface area contributed by atoms with E-state index in [1.807, 2.05) is 0 Å². The van der Waals surface area contributed by atoms with Gasteiger partial charge in [-0.2, -0.15) is 0 Å². The number of phenols is 1. The Labute approximate surface area is 196 Å². The lowest BCUT2D eigenvalue weighted by Crippen LogP contribution is -2.57. The molecule has 1 rings (SSSR count). The highest BCUT2D eigenvalue weighted by molar-refractivity contribution is 5.95. The van der Waals surface area contributed by atoms with E-state index >= 15 is 0 Å². The van der Waals surface area contributed by atoms with Crippen LogP contribution in [-0.2, 0) is 30.4 Å². The van der Waals surface area contributed by atoms with Gasteiger partial charge in [-0.15, -0.1) is 0 Å². The SMILES string of the molecule is NCCCCC(NC(=O)C(Cc1ccc(O)cc1)NC(=O)C(CC(N)=O)NC(=O)CN)C(=O)O. The topological polar surface area (TPSA) is 240 Å². The minimum atomic E-state index is -1.39. The van der Waals surface area contributed by atoms with Gasteiger partial charge in [0.05, 0.1) is 13.0 Å². The molecule has 1 aromatic rings. The molecule has 3 unspecified atom stereocenters. The Morgan fingerprint density at radius 3 is 1.97 bits per heavy atom. The third-order valence-corrected chi connectivity index (χ3v) is 4.81. The predicted molar refractivity (Wildman–Crippen MR) is 121 cm³/mol. The van der Waals surface area contributed by atoms with Gasteiger partial charge in [-0.1, -0.05) is 12.1 Å². The number of carboxylic acid groups (broad SMARTS) is 1. The molecule has 0 aromatic heterocycles. The molecule has 0 aliphatic heterocycles. The molecular weight excluding hydrogens is 448 g/mol. The summed E-state index contributed by atoms with van der Waals surface area (Å²) in [6.07, 6.45) is 0.565. The molecule has 34 heavy (non-hydrogen) atoms. The maximum atomic E-state index is 13.0. The molecule has 4 amide bonds. The molecule has 0 radical (unpaired) electrons. The van der Waals surface area contributed by atoms with E-state index in [0.717, 1.165) is 0 Å². The van der Waals surface area contributed by atoms with Crippen LogP contribution in [0, 0.1) is 0 Å². The number of carbonyl (C=O) groups excluding carboxylic acids is 4. The van der Waals surface area contributed by atoms with Crippen molar-refractivity contribution in [2.45, 2.75) is 50.2 Å². The fourth-order valence-electron chi connectivity index (χ4n) is 3.04. The number of hydrogen-bond acceptors (Lipinski definition) is 8. The average Bonchev–Trinajstić information content (AvgIpc) is 2.78. The number of phenolic OH excluding ortho intramolecular Hbond substituents is 1. The molecule has 13 heteroatoms. The highest BCUT2D eigenvalue weighted by Crippen LogP contribution is 2.12. The number of primary amides is 1. The van der Waals surface area contributed by atoms with Crippen molar-refractivity contribution in [3.63, 3.8) is 0 Å². The number of rotatable bonds is 15. The van der Waals surface area contributed by atoms with E-state index < -0.39 is 60.7 Å². The smallest absolute Gasteiger partial charge is 0.326 e. The number of aliphatic carboxylic acids is 1. The first kappa shape index (κ1) is 28.3. The molecule has 0 saturated heterocycles. The van der Waals surface area contributed by atoms with Gasteiger partial charge in [0.1, 0.15) is 23.9 Å². The van der Waals surface area contributed by atoms with Gasteiger partial charge < -0.3 is 43.4 Å². The molecule has 0 heterocycles. The first-order valence-corrected chi connectivity index (χ1v) is 10.7. The number of nitrogens with one attached hydrogen (secondary N) is 3. The van der Waals surface area contributed by atoms with Crippen LogP contribution in [0.3, 0.4) is 0 Å². The highest BCUT2D eigenvalue weighted by atomic mass is 16.4. The number of nitrogens with two attached hydrogens (primary N) is 3. The van der Waals surface area contributed by atoms with Crippen molar-refractivity contribution in [3.05, 3.63) is 29.8 Å². The first-order chi connectivity index (χ1) is 16.1. The number of hydrogen-bond donors (Lipinski definition) is 8. The van der Waals surface area contributed by atoms with Gasteiger partial charge in [-0.25, -0.2) is 4.79 Å². The largest absolute Gasteiger partial charge is 0.508 e. The lowest BCUT2D eigenvalue weighted by atomic mass is 10.0. The van der Waals surface area contributed by atoms with E-state index in [9.17, 15) is 34.2 Å². The van der Waals surface area contributed by atoms with Crippen molar-refractivity contribution in [2.75, 3.05) is 13.1 Å². The van der Waals surface area contributed by atoms with Crippen molar-refractivity contribution in [1.29, 1.82) is 0 Å². The third-order valence-electron chi connectivity index (χ3n) is 4.81. The number of carbonyl (C=O) groups is 5. The lowest BCUT2D eigenvalue weighted by Gasteiger charge is -2.24. The zero-order valence-electron chi connectivity index (χ0n) is 18.7. The Hall–Kier alpha value is -3.71. The van der Waals surface area contributed by atoms with E-state index in [-0.39, 0.29) is 18.6 Å². The standard InChI is InChI=1S/C21H32N6O7/c22-8-2-1-3-14(21(33)34)26-19(31)15(9-12-4-6-13(28)7-5-12)27-20(32)16(10-17(24)29)25-18(30)11-23/h4-7,14-16,28H,1-3,8-11,22-23H2,(H2,24,29)(H,25,30)(H,26,31)(H,27,32)(H,33,34). The normalized spacial score (nSPS) is 13.2. The predicted octanol–water partition coefficient (Wildman–Crippen LogP) is -2.56. The van der Waals surface area contributed by atoms with E-state index in [0.29, 0.717) is 24.9 Å². The summed E-state index contributed by atoms with van der Waals surface area (Å²) >= 11 is 0. The van der Waals surface area contributed by atoms with Crippen LogP contribution in [0.4, 0.5) is 0 Å². The summed E-state index contributed by atoms with van der Waals surface area (Å²) in [4.78, 5) is 60.3. The monoisotopic (exact) mass is 480 g/mol. The minimum absolute atomic E-state index is 0.00866. The van der Waals surface area contributed by atoms with E-state index in [4.69, 9.17) is 17.2 Å². The van der Waals surface area contributed by atoms with Crippen LogP contribution in [0.2, 0.25) is 0 Å². The second-order valence-electron chi connectivity index (χ2n) is 7.61. The van der Waals surface area contributed by atoms with Gasteiger partial charge in [0.25, 0.3) is 0 Å². The molecule has 0 aliphatic carbocycles. The van der Waals surface area contributed by atoms with Gasteiger partial charge >= 0.3 is 5.97 Å². The maximum absolute atomic E-state index is 13.0. The number of amides is 4. The Morgan fingerprint density at radius 1 is 0.853 bits per heavy atom. The van der Waals surface area contributed by atoms with Gasteiger partial charge in [0.2, 0.25) is 23.6 Å². The fourth-order valence-corrected chi connectivity index (χ4v) is 3.04. The number of benzene rings is 1. The molecule has 0 saturated carbocycles. The Kier molecular flexibility index (Phi) is 12.0. The summed E-state index contributed by atoms with van der Waals surface area (Å²) in [5, 5.41) is 26.0. The first-order valence-electron chi connectivity index (χ1n) is 10.7. The number of unbranched alkanes of at least 4 members (excludes halogenated alkanes) is 1. The van der Waals surface area contributed by atoms with E-state index in [2.05, 4.69) is 16.0 Å². The van der Waals surface area contributed by atoms with Crippen LogP contribution in [-0.4, -0.2) is 71.0 Å². The molecule has 11 N–H and O–H groups in total. The molecular formula is C21H32N6O7. The van der Waals surface area contributed by atoms with Crippen LogP contribution < -0.4 is 33.2 Å². The van der Waals surface area contributed by atoms with Crippen LogP contribution in [0.25, 0.3) is 0 Å². The summed E-state index contributed by atoms with van der Waals surface area (Å²) in [6, 6.07) is 1.95. The summed E-state index contributed by atoms with van der Waals surface area (Å²) < 4.78 is 0. The van der Waals surface area contributed by atoms with Crippen LogP contribution >= 0.6 is 0 Å². The number of carboxylic acids is 1. The minimum Gasteiger partial charge on any atom is -0.508 e. The van der Waals surface area contributed by atoms with Crippen molar-refractivity contribution < 1.29 is 34.2 Å². The van der Waals surface area contributed by atoms with Crippen molar-refractivity contribution in [3.8, 4) is 5.75 Å². The van der Waals surface area contributed by atoms with Gasteiger partial charge in [0, 0.05) is 6.42 Å². The summed E-state index contributed by atoms with van der Waals surface area (Å²) in [6.45, 7) is -0.0708. The van der Waals surface area contributed by atoms with E-state index in [1.165, 1.54) is 24.3 Å². The van der Waals surface area contributed by atoms with Crippen LogP contribution in [0.1, 0.15) is 31.2 Å². The zero-order chi connectivity index (χ0) is 25.7. The fraction of sp³-hybridized carbons (Fsp3) is 0.476. The molecule has 0 fully saturated rings. The van der Waals surface area contributed by atoms with Crippen molar-refractivity contribution >= 4 is 29.6 Å².